The van der Waals surface area contributed by atoms with Crippen LogP contribution in [0.1, 0.15) is 48.5 Å². The molecule has 0 heterocycles. The van der Waals surface area contributed by atoms with Gasteiger partial charge in [-0.25, -0.2) is 0 Å². The SMILES string of the molecule is CC(O)C(N)C(=O)OCCN(C(C)(C)C)C(C)(C)C. The number of carbonyl (C=O) groups excluding carboxylic acids is 1. The standard InChI is InChI=1S/C14H30N2O3/c1-10(17)11(15)12(18)19-9-8-16(13(2,3)4)14(5,6)7/h10-11,17H,8-9,15H2,1-7H3. The Kier molecular flexibility index (Phi) is 6.45. The maximum Gasteiger partial charge on any atom is 0.325 e. The third kappa shape index (κ3) is 6.36. The van der Waals surface area contributed by atoms with Gasteiger partial charge in [0.05, 0.1) is 6.10 Å². The summed E-state index contributed by atoms with van der Waals surface area (Å²) < 4.78 is 5.12. The maximum absolute atomic E-state index is 11.5. The fraction of sp³-hybridized carbons (Fsp3) is 0.929. The van der Waals surface area contributed by atoms with Crippen LogP contribution in [0.3, 0.4) is 0 Å². The Morgan fingerprint density at radius 3 is 1.95 bits per heavy atom. The van der Waals surface area contributed by atoms with Crippen LogP contribution in [0.25, 0.3) is 0 Å². The van der Waals surface area contributed by atoms with E-state index in [0.717, 1.165) is 0 Å². The van der Waals surface area contributed by atoms with Crippen LogP contribution < -0.4 is 5.73 Å². The van der Waals surface area contributed by atoms with Crippen LogP contribution in [0.5, 0.6) is 0 Å². The predicted molar refractivity (Wildman–Crippen MR) is 76.8 cm³/mol. The molecule has 0 bridgehead atoms. The molecule has 5 nitrogen and oxygen atoms in total. The molecule has 0 fully saturated rings. The molecule has 0 saturated carbocycles. The lowest BCUT2D eigenvalue weighted by molar-refractivity contribution is -0.149. The Labute approximate surface area is 117 Å². The molecule has 5 heteroatoms. The fourth-order valence-electron chi connectivity index (χ4n) is 2.21. The summed E-state index contributed by atoms with van der Waals surface area (Å²) in [5.41, 5.74) is 5.48. The monoisotopic (exact) mass is 274 g/mol. The van der Waals surface area contributed by atoms with E-state index in [1.165, 1.54) is 6.92 Å². The van der Waals surface area contributed by atoms with Crippen LogP contribution >= 0.6 is 0 Å². The average Bonchev–Trinajstić information content (AvgIpc) is 2.18. The number of nitrogens with zero attached hydrogens (tertiary/aromatic N) is 1. The third-order valence-corrected chi connectivity index (χ3v) is 2.97. The molecule has 0 aliphatic carbocycles. The smallest absolute Gasteiger partial charge is 0.325 e. The van der Waals surface area contributed by atoms with Crippen molar-refractivity contribution in [3.8, 4) is 0 Å². The summed E-state index contributed by atoms with van der Waals surface area (Å²) in [5.74, 6) is -0.558. The van der Waals surface area contributed by atoms with Gasteiger partial charge in [-0.15, -0.1) is 0 Å². The van der Waals surface area contributed by atoms with Gasteiger partial charge in [0, 0.05) is 17.6 Å². The van der Waals surface area contributed by atoms with Gasteiger partial charge in [0.15, 0.2) is 0 Å². The number of hydrogen-bond donors (Lipinski definition) is 2. The second kappa shape index (κ2) is 6.68. The van der Waals surface area contributed by atoms with Crippen molar-refractivity contribution in [3.63, 3.8) is 0 Å². The van der Waals surface area contributed by atoms with Crippen LogP contribution in [-0.4, -0.2) is 52.4 Å². The van der Waals surface area contributed by atoms with Gasteiger partial charge < -0.3 is 15.6 Å². The summed E-state index contributed by atoms with van der Waals surface area (Å²) in [6.07, 6.45) is -0.895. The number of nitrogens with two attached hydrogens (primary N) is 1. The molecule has 0 saturated heterocycles. The molecule has 0 amide bonds. The number of esters is 1. The maximum atomic E-state index is 11.5. The fourth-order valence-corrected chi connectivity index (χ4v) is 2.21. The van der Waals surface area contributed by atoms with Gasteiger partial charge in [-0.05, 0) is 48.5 Å². The minimum Gasteiger partial charge on any atom is -0.463 e. The summed E-state index contributed by atoms with van der Waals surface area (Å²) in [6, 6.07) is -0.974. The Morgan fingerprint density at radius 1 is 1.21 bits per heavy atom. The van der Waals surface area contributed by atoms with E-state index >= 15 is 0 Å². The van der Waals surface area contributed by atoms with E-state index in [0.29, 0.717) is 6.54 Å². The predicted octanol–water partition coefficient (Wildman–Crippen LogP) is 1.14. The molecule has 0 aromatic carbocycles. The molecule has 0 aromatic heterocycles. The molecule has 0 aliphatic heterocycles. The van der Waals surface area contributed by atoms with Gasteiger partial charge in [0.25, 0.3) is 0 Å². The van der Waals surface area contributed by atoms with Crippen LogP contribution in [0, 0.1) is 0 Å². The van der Waals surface area contributed by atoms with Crippen LogP contribution in [-0.2, 0) is 9.53 Å². The molecule has 2 unspecified atom stereocenters. The van der Waals surface area contributed by atoms with Crippen molar-refractivity contribution in [2.75, 3.05) is 13.2 Å². The molecule has 0 aliphatic rings. The summed E-state index contributed by atoms with van der Waals surface area (Å²) in [7, 11) is 0. The number of aliphatic hydroxyl groups excluding tert-OH is 1. The Hall–Kier alpha value is -0.650. The van der Waals surface area contributed by atoms with E-state index < -0.39 is 18.1 Å². The van der Waals surface area contributed by atoms with Crippen molar-refractivity contribution in [3.05, 3.63) is 0 Å². The van der Waals surface area contributed by atoms with Gasteiger partial charge >= 0.3 is 5.97 Å². The number of ether oxygens (including phenoxy) is 1. The molecule has 19 heavy (non-hydrogen) atoms. The van der Waals surface area contributed by atoms with E-state index in [4.69, 9.17) is 10.5 Å². The highest BCUT2D eigenvalue weighted by Crippen LogP contribution is 2.23. The van der Waals surface area contributed by atoms with Crippen LogP contribution in [0.4, 0.5) is 0 Å². The largest absolute Gasteiger partial charge is 0.463 e. The quantitative estimate of drug-likeness (QED) is 0.735. The number of aliphatic hydroxyl groups is 1. The molecule has 3 N–H and O–H groups in total. The molecule has 0 spiro atoms. The van der Waals surface area contributed by atoms with Gasteiger partial charge in [-0.3, -0.25) is 9.69 Å². The number of carbonyl (C=O) groups is 1. The van der Waals surface area contributed by atoms with Crippen molar-refractivity contribution in [1.82, 2.24) is 4.90 Å². The first-order valence-electron chi connectivity index (χ1n) is 6.75. The Bertz CT molecular complexity index is 276. The summed E-state index contributed by atoms with van der Waals surface area (Å²) >= 11 is 0. The van der Waals surface area contributed by atoms with Crippen molar-refractivity contribution >= 4 is 5.97 Å². The number of hydrogen-bond acceptors (Lipinski definition) is 5. The average molecular weight is 274 g/mol. The molecule has 114 valence electrons. The lowest BCUT2D eigenvalue weighted by Gasteiger charge is -2.45. The summed E-state index contributed by atoms with van der Waals surface area (Å²) in [6.45, 7) is 15.1. The zero-order valence-corrected chi connectivity index (χ0v) is 13.4. The zero-order chi connectivity index (χ0) is 15.4. The van der Waals surface area contributed by atoms with E-state index in [2.05, 4.69) is 46.4 Å². The highest BCUT2D eigenvalue weighted by molar-refractivity contribution is 5.76. The lowest BCUT2D eigenvalue weighted by atomic mass is 9.96. The van der Waals surface area contributed by atoms with Crippen molar-refractivity contribution in [2.45, 2.75) is 71.7 Å². The van der Waals surface area contributed by atoms with E-state index in [9.17, 15) is 9.90 Å². The first kappa shape index (κ1) is 18.4. The first-order valence-corrected chi connectivity index (χ1v) is 6.75. The Morgan fingerprint density at radius 2 is 1.63 bits per heavy atom. The van der Waals surface area contributed by atoms with Crippen molar-refractivity contribution in [1.29, 1.82) is 0 Å². The highest BCUT2D eigenvalue weighted by atomic mass is 16.5. The van der Waals surface area contributed by atoms with Crippen LogP contribution in [0.2, 0.25) is 0 Å². The van der Waals surface area contributed by atoms with Gasteiger partial charge in [-0.2, -0.15) is 0 Å². The normalized spacial score (nSPS) is 16.3. The first-order chi connectivity index (χ1) is 8.37. The topological polar surface area (TPSA) is 75.8 Å². The van der Waals surface area contributed by atoms with Crippen LogP contribution in [0.15, 0.2) is 0 Å². The van der Waals surface area contributed by atoms with E-state index in [-0.39, 0.29) is 17.7 Å². The zero-order valence-electron chi connectivity index (χ0n) is 13.4. The number of rotatable bonds is 5. The minimum atomic E-state index is -0.974. The molecule has 2 atom stereocenters. The van der Waals surface area contributed by atoms with Gasteiger partial charge in [0.1, 0.15) is 12.6 Å². The Balaban J connectivity index is 4.41. The molecule has 0 aromatic rings. The highest BCUT2D eigenvalue weighted by Gasteiger charge is 2.31. The second-order valence-electron chi connectivity index (χ2n) is 6.93. The third-order valence-electron chi connectivity index (χ3n) is 2.97. The van der Waals surface area contributed by atoms with E-state index in [1.807, 2.05) is 0 Å². The molecular weight excluding hydrogens is 244 g/mol. The van der Waals surface area contributed by atoms with Gasteiger partial charge in [-0.1, -0.05) is 0 Å². The van der Waals surface area contributed by atoms with Crippen molar-refractivity contribution < 1.29 is 14.6 Å². The summed E-state index contributed by atoms with van der Waals surface area (Å²) in [5, 5.41) is 9.22. The molecule has 0 radical (unpaired) electrons. The molecule has 0 rings (SSSR count). The lowest BCUT2D eigenvalue weighted by Crippen LogP contribution is -2.54. The second-order valence-corrected chi connectivity index (χ2v) is 6.93. The summed E-state index contributed by atoms with van der Waals surface area (Å²) in [4.78, 5) is 13.8. The minimum absolute atomic E-state index is 0.0168. The van der Waals surface area contributed by atoms with Crippen molar-refractivity contribution in [2.24, 2.45) is 5.73 Å². The molecular formula is C14H30N2O3. The van der Waals surface area contributed by atoms with E-state index in [1.54, 1.807) is 0 Å². The van der Waals surface area contributed by atoms with Gasteiger partial charge in [0.2, 0.25) is 0 Å².